The van der Waals surface area contributed by atoms with E-state index < -0.39 is 11.7 Å². The molecule has 30 heavy (non-hydrogen) atoms. The molecule has 156 valence electrons. The molecule has 0 saturated heterocycles. The van der Waals surface area contributed by atoms with E-state index in [-0.39, 0.29) is 11.7 Å². The van der Waals surface area contributed by atoms with E-state index in [9.17, 15) is 18.0 Å². The zero-order chi connectivity index (χ0) is 21.6. The zero-order valence-corrected chi connectivity index (χ0v) is 16.7. The Balaban J connectivity index is 1.62. The SMILES string of the molecule is C=CCn1c(Cc2ccccc2)nnc1SCC(=O)Nc1ccc(C(F)(F)F)cc1. The first kappa shape index (κ1) is 21.6. The normalized spacial score (nSPS) is 11.3. The average molecular weight is 432 g/mol. The molecule has 0 aliphatic carbocycles. The molecule has 3 rings (SSSR count). The minimum atomic E-state index is -4.41. The van der Waals surface area contributed by atoms with Crippen molar-refractivity contribution in [1.82, 2.24) is 14.8 Å². The predicted octanol–water partition coefficient (Wildman–Crippen LogP) is 4.80. The van der Waals surface area contributed by atoms with Gasteiger partial charge in [0, 0.05) is 18.7 Å². The van der Waals surface area contributed by atoms with Crippen LogP contribution in [0.3, 0.4) is 0 Å². The minimum Gasteiger partial charge on any atom is -0.325 e. The quantitative estimate of drug-likeness (QED) is 0.410. The van der Waals surface area contributed by atoms with Gasteiger partial charge in [-0.25, -0.2) is 0 Å². The third-order valence-electron chi connectivity index (χ3n) is 4.14. The lowest BCUT2D eigenvalue weighted by molar-refractivity contribution is -0.137. The zero-order valence-electron chi connectivity index (χ0n) is 15.9. The maximum Gasteiger partial charge on any atom is 0.416 e. The fraction of sp³-hybridized carbons (Fsp3) is 0.190. The summed E-state index contributed by atoms with van der Waals surface area (Å²) in [4.78, 5) is 12.2. The van der Waals surface area contributed by atoms with Gasteiger partial charge in [0.15, 0.2) is 5.16 Å². The molecule has 0 saturated carbocycles. The molecule has 3 aromatic rings. The molecule has 0 spiro atoms. The molecule has 1 amide bonds. The van der Waals surface area contributed by atoms with Gasteiger partial charge < -0.3 is 9.88 Å². The molecule has 1 N–H and O–H groups in total. The molecule has 0 aliphatic heterocycles. The highest BCUT2D eigenvalue weighted by molar-refractivity contribution is 7.99. The van der Waals surface area contributed by atoms with Crippen molar-refractivity contribution >= 4 is 23.4 Å². The number of benzene rings is 2. The fourth-order valence-corrected chi connectivity index (χ4v) is 3.48. The molecule has 1 heterocycles. The lowest BCUT2D eigenvalue weighted by Crippen LogP contribution is -2.15. The molecular weight excluding hydrogens is 413 g/mol. The van der Waals surface area contributed by atoms with Crippen molar-refractivity contribution in [1.29, 1.82) is 0 Å². The molecule has 9 heteroatoms. The van der Waals surface area contributed by atoms with E-state index in [1.54, 1.807) is 6.08 Å². The molecule has 2 aromatic carbocycles. The monoisotopic (exact) mass is 432 g/mol. The van der Waals surface area contributed by atoms with Crippen LogP contribution in [-0.4, -0.2) is 26.4 Å². The average Bonchev–Trinajstić information content (AvgIpc) is 3.09. The van der Waals surface area contributed by atoms with Gasteiger partial charge in [0.2, 0.25) is 5.91 Å². The van der Waals surface area contributed by atoms with Crippen LogP contribution in [0, 0.1) is 0 Å². The van der Waals surface area contributed by atoms with Crippen molar-refractivity contribution in [3.05, 3.63) is 84.2 Å². The van der Waals surface area contributed by atoms with E-state index >= 15 is 0 Å². The van der Waals surface area contributed by atoms with Crippen LogP contribution in [0.2, 0.25) is 0 Å². The highest BCUT2D eigenvalue weighted by Gasteiger charge is 2.30. The molecule has 0 fully saturated rings. The second kappa shape index (κ2) is 9.62. The maximum absolute atomic E-state index is 12.6. The van der Waals surface area contributed by atoms with Crippen molar-refractivity contribution in [2.45, 2.75) is 24.3 Å². The van der Waals surface area contributed by atoms with Gasteiger partial charge >= 0.3 is 6.18 Å². The summed E-state index contributed by atoms with van der Waals surface area (Å²) in [6, 6.07) is 14.1. The van der Waals surface area contributed by atoms with Gasteiger partial charge in [-0.1, -0.05) is 48.2 Å². The molecule has 0 atom stereocenters. The van der Waals surface area contributed by atoms with Crippen molar-refractivity contribution < 1.29 is 18.0 Å². The van der Waals surface area contributed by atoms with Crippen LogP contribution >= 0.6 is 11.8 Å². The van der Waals surface area contributed by atoms with Crippen LogP contribution in [0.5, 0.6) is 0 Å². The summed E-state index contributed by atoms with van der Waals surface area (Å²) in [6.45, 7) is 4.25. The Labute approximate surface area is 176 Å². The molecule has 0 aliphatic rings. The van der Waals surface area contributed by atoms with Crippen LogP contribution in [0.25, 0.3) is 0 Å². The lowest BCUT2D eigenvalue weighted by atomic mass is 10.1. The number of hydrogen-bond donors (Lipinski definition) is 1. The van der Waals surface area contributed by atoms with Gasteiger partial charge in [-0.05, 0) is 29.8 Å². The Bertz CT molecular complexity index is 1000. The minimum absolute atomic E-state index is 0.0433. The number of nitrogens with one attached hydrogen (secondary N) is 1. The molecule has 0 bridgehead atoms. The van der Waals surface area contributed by atoms with E-state index in [1.165, 1.54) is 23.9 Å². The first-order chi connectivity index (χ1) is 14.4. The summed E-state index contributed by atoms with van der Waals surface area (Å²) in [6.07, 6.45) is -2.09. The standard InChI is InChI=1S/C21H19F3N4OS/c1-2-12-28-18(13-15-6-4-3-5-7-15)26-27-20(28)30-14-19(29)25-17-10-8-16(9-11-17)21(22,23)24/h2-11H,1,12-14H2,(H,25,29). The van der Waals surface area contributed by atoms with Gasteiger partial charge in [0.25, 0.3) is 0 Å². The van der Waals surface area contributed by atoms with Crippen LogP contribution < -0.4 is 5.32 Å². The lowest BCUT2D eigenvalue weighted by Gasteiger charge is -2.09. The Hall–Kier alpha value is -3.07. The number of nitrogens with zero attached hydrogens (tertiary/aromatic N) is 3. The topological polar surface area (TPSA) is 59.8 Å². The third kappa shape index (κ3) is 5.73. The van der Waals surface area contributed by atoms with Crippen LogP contribution in [0.15, 0.2) is 72.4 Å². The Morgan fingerprint density at radius 3 is 2.43 bits per heavy atom. The first-order valence-electron chi connectivity index (χ1n) is 9.03. The third-order valence-corrected chi connectivity index (χ3v) is 5.11. The summed E-state index contributed by atoms with van der Waals surface area (Å²) in [7, 11) is 0. The fourth-order valence-electron chi connectivity index (χ4n) is 2.72. The summed E-state index contributed by atoms with van der Waals surface area (Å²) >= 11 is 1.20. The van der Waals surface area contributed by atoms with E-state index in [1.807, 2.05) is 34.9 Å². The van der Waals surface area contributed by atoms with Crippen molar-refractivity contribution in [3.63, 3.8) is 0 Å². The van der Waals surface area contributed by atoms with Gasteiger partial charge in [-0.15, -0.1) is 16.8 Å². The number of rotatable bonds is 8. The number of aromatic nitrogens is 3. The van der Waals surface area contributed by atoms with Gasteiger partial charge in [0.1, 0.15) is 5.82 Å². The van der Waals surface area contributed by atoms with Crippen molar-refractivity contribution in [2.75, 3.05) is 11.1 Å². The molecule has 0 unspecified atom stereocenters. The largest absolute Gasteiger partial charge is 0.416 e. The summed E-state index contributed by atoms with van der Waals surface area (Å²) in [5.41, 5.74) is 0.621. The Morgan fingerprint density at radius 2 is 1.80 bits per heavy atom. The van der Waals surface area contributed by atoms with Gasteiger partial charge in [-0.2, -0.15) is 13.2 Å². The number of anilines is 1. The Kier molecular flexibility index (Phi) is 6.94. The number of alkyl halides is 3. The van der Waals surface area contributed by atoms with Crippen molar-refractivity contribution in [3.8, 4) is 0 Å². The number of allylic oxidation sites excluding steroid dienone is 1. The predicted molar refractivity (Wildman–Crippen MR) is 110 cm³/mol. The van der Waals surface area contributed by atoms with E-state index in [2.05, 4.69) is 22.1 Å². The second-order valence-electron chi connectivity index (χ2n) is 6.37. The molecule has 1 aromatic heterocycles. The number of carbonyl (C=O) groups is 1. The van der Waals surface area contributed by atoms with Crippen molar-refractivity contribution in [2.24, 2.45) is 0 Å². The summed E-state index contributed by atoms with van der Waals surface area (Å²) in [5.74, 6) is 0.450. The first-order valence-corrected chi connectivity index (χ1v) is 10.0. The molecule has 5 nitrogen and oxygen atoms in total. The summed E-state index contributed by atoms with van der Waals surface area (Å²) < 4.78 is 39.7. The highest BCUT2D eigenvalue weighted by atomic mass is 32.2. The van der Waals surface area contributed by atoms with E-state index in [4.69, 9.17) is 0 Å². The van der Waals surface area contributed by atoms with Crippen LogP contribution in [0.4, 0.5) is 18.9 Å². The number of halogens is 3. The molecular formula is C21H19F3N4OS. The maximum atomic E-state index is 12.6. The smallest absolute Gasteiger partial charge is 0.325 e. The second-order valence-corrected chi connectivity index (χ2v) is 7.31. The van der Waals surface area contributed by atoms with Gasteiger partial charge in [0.05, 0.1) is 11.3 Å². The van der Waals surface area contributed by atoms with E-state index in [0.717, 1.165) is 23.5 Å². The number of amides is 1. The number of thioether (sulfide) groups is 1. The van der Waals surface area contributed by atoms with E-state index in [0.29, 0.717) is 23.8 Å². The highest BCUT2D eigenvalue weighted by Crippen LogP contribution is 2.30. The molecule has 0 radical (unpaired) electrons. The van der Waals surface area contributed by atoms with Crippen LogP contribution in [-0.2, 0) is 23.9 Å². The number of carbonyl (C=O) groups excluding carboxylic acids is 1. The summed E-state index contributed by atoms with van der Waals surface area (Å²) in [5, 5.41) is 11.6. The Morgan fingerprint density at radius 1 is 1.10 bits per heavy atom. The van der Waals surface area contributed by atoms with Gasteiger partial charge in [-0.3, -0.25) is 4.79 Å². The van der Waals surface area contributed by atoms with Crippen LogP contribution in [0.1, 0.15) is 17.0 Å². The number of hydrogen-bond acceptors (Lipinski definition) is 4.